The molecule has 0 aromatic heterocycles. The van der Waals surface area contributed by atoms with Crippen molar-refractivity contribution in [1.82, 2.24) is 8.61 Å². The van der Waals surface area contributed by atoms with Crippen LogP contribution in [0.4, 0.5) is 0 Å². The average Bonchev–Trinajstić information content (AvgIpc) is 2.35. The van der Waals surface area contributed by atoms with Crippen LogP contribution in [0, 0.1) is 11.3 Å². The van der Waals surface area contributed by atoms with Gasteiger partial charge in [0.15, 0.2) is 0 Å². The van der Waals surface area contributed by atoms with E-state index >= 15 is 0 Å². The first-order chi connectivity index (χ1) is 8.69. The van der Waals surface area contributed by atoms with E-state index in [1.165, 1.54) is 4.31 Å². The lowest BCUT2D eigenvalue weighted by molar-refractivity contribution is 0.150. The highest BCUT2D eigenvalue weighted by atomic mass is 32.2. The summed E-state index contributed by atoms with van der Waals surface area (Å²) in [7, 11) is -1.76. The fraction of sp³-hybridized carbons (Fsp3) is 1.00. The van der Waals surface area contributed by atoms with Crippen molar-refractivity contribution in [2.45, 2.75) is 40.0 Å². The van der Waals surface area contributed by atoms with E-state index in [1.807, 2.05) is 0 Å². The zero-order valence-corrected chi connectivity index (χ0v) is 13.4. The molecule has 19 heavy (non-hydrogen) atoms. The maximum atomic E-state index is 12.3. The van der Waals surface area contributed by atoms with Crippen LogP contribution >= 0.6 is 0 Å². The lowest BCUT2D eigenvalue weighted by Gasteiger charge is -2.39. The standard InChI is InChI=1S/C13H28N2O3S/c1-13(2,3)12-6-9-15(10-7-12)19(17,18)14(4)8-5-11-16/h12,16H,5-11H2,1-4H3. The van der Waals surface area contributed by atoms with E-state index in [1.54, 1.807) is 11.4 Å². The molecule has 1 aliphatic heterocycles. The molecule has 0 aromatic rings. The molecule has 0 aromatic carbocycles. The van der Waals surface area contributed by atoms with Crippen molar-refractivity contribution >= 4 is 10.2 Å². The molecule has 6 heteroatoms. The van der Waals surface area contributed by atoms with Gasteiger partial charge in [0.05, 0.1) is 0 Å². The summed E-state index contributed by atoms with van der Waals surface area (Å²) in [5.41, 5.74) is 0.249. The molecule has 0 aliphatic carbocycles. The Labute approximate surface area is 117 Å². The van der Waals surface area contributed by atoms with Gasteiger partial charge >= 0.3 is 0 Å². The van der Waals surface area contributed by atoms with Gasteiger partial charge in [-0.05, 0) is 30.6 Å². The smallest absolute Gasteiger partial charge is 0.281 e. The molecule has 114 valence electrons. The summed E-state index contributed by atoms with van der Waals surface area (Å²) in [4.78, 5) is 0. The summed E-state index contributed by atoms with van der Waals surface area (Å²) in [5, 5.41) is 8.78. The van der Waals surface area contributed by atoms with Crippen LogP contribution < -0.4 is 0 Å². The number of piperidine rings is 1. The zero-order valence-electron chi connectivity index (χ0n) is 12.6. The van der Waals surface area contributed by atoms with Crippen LogP contribution in [-0.2, 0) is 10.2 Å². The molecule has 1 heterocycles. The number of aliphatic hydroxyl groups is 1. The third-order valence-electron chi connectivity index (χ3n) is 4.03. The van der Waals surface area contributed by atoms with Crippen LogP contribution in [0.15, 0.2) is 0 Å². The van der Waals surface area contributed by atoms with Gasteiger partial charge in [-0.3, -0.25) is 0 Å². The Morgan fingerprint density at radius 1 is 1.26 bits per heavy atom. The minimum absolute atomic E-state index is 0.0198. The van der Waals surface area contributed by atoms with Crippen molar-refractivity contribution in [3.63, 3.8) is 0 Å². The minimum Gasteiger partial charge on any atom is -0.396 e. The van der Waals surface area contributed by atoms with E-state index in [2.05, 4.69) is 20.8 Å². The van der Waals surface area contributed by atoms with Crippen LogP contribution in [0.5, 0.6) is 0 Å². The summed E-state index contributed by atoms with van der Waals surface area (Å²) in [6.07, 6.45) is 2.33. The number of rotatable bonds is 5. The highest BCUT2D eigenvalue weighted by Gasteiger charge is 2.34. The van der Waals surface area contributed by atoms with Gasteiger partial charge in [0, 0.05) is 33.3 Å². The molecule has 1 aliphatic rings. The first-order valence-electron chi connectivity index (χ1n) is 7.02. The molecule has 0 amide bonds. The Kier molecular flexibility index (Phi) is 5.79. The zero-order chi connectivity index (χ0) is 14.7. The van der Waals surface area contributed by atoms with Gasteiger partial charge in [-0.15, -0.1) is 0 Å². The summed E-state index contributed by atoms with van der Waals surface area (Å²) < 4.78 is 27.6. The molecule has 0 unspecified atom stereocenters. The fourth-order valence-electron chi connectivity index (χ4n) is 2.56. The third-order valence-corrected chi connectivity index (χ3v) is 6.02. The molecule has 0 spiro atoms. The van der Waals surface area contributed by atoms with Gasteiger partial charge in [0.25, 0.3) is 10.2 Å². The molecular formula is C13H28N2O3S. The van der Waals surface area contributed by atoms with Crippen LogP contribution in [-0.4, -0.2) is 55.4 Å². The van der Waals surface area contributed by atoms with Crippen molar-refractivity contribution in [2.75, 3.05) is 33.3 Å². The van der Waals surface area contributed by atoms with Crippen molar-refractivity contribution in [1.29, 1.82) is 0 Å². The second kappa shape index (κ2) is 6.52. The summed E-state index contributed by atoms with van der Waals surface area (Å²) >= 11 is 0. The molecule has 0 bridgehead atoms. The van der Waals surface area contributed by atoms with Gasteiger partial charge in [-0.2, -0.15) is 17.0 Å². The van der Waals surface area contributed by atoms with E-state index in [-0.39, 0.29) is 12.0 Å². The van der Waals surface area contributed by atoms with E-state index in [0.717, 1.165) is 12.8 Å². The highest BCUT2D eigenvalue weighted by Crippen LogP contribution is 2.35. The summed E-state index contributed by atoms with van der Waals surface area (Å²) in [6.45, 7) is 8.26. The van der Waals surface area contributed by atoms with E-state index in [9.17, 15) is 8.42 Å². The van der Waals surface area contributed by atoms with Gasteiger partial charge in [-0.1, -0.05) is 20.8 Å². The van der Waals surface area contributed by atoms with Crippen molar-refractivity contribution < 1.29 is 13.5 Å². The molecule has 1 N–H and O–H groups in total. The second-order valence-corrected chi connectivity index (χ2v) is 8.48. The molecule has 5 nitrogen and oxygen atoms in total. The van der Waals surface area contributed by atoms with Crippen molar-refractivity contribution in [2.24, 2.45) is 11.3 Å². The van der Waals surface area contributed by atoms with E-state index < -0.39 is 10.2 Å². The summed E-state index contributed by atoms with van der Waals surface area (Å²) in [6, 6.07) is 0. The monoisotopic (exact) mass is 292 g/mol. The first-order valence-corrected chi connectivity index (χ1v) is 8.41. The van der Waals surface area contributed by atoms with Crippen molar-refractivity contribution in [3.05, 3.63) is 0 Å². The van der Waals surface area contributed by atoms with Crippen LogP contribution in [0.25, 0.3) is 0 Å². The Bertz CT molecular complexity index is 368. The minimum atomic E-state index is -3.35. The SMILES string of the molecule is CN(CCCO)S(=O)(=O)N1CCC(C(C)(C)C)CC1. The predicted octanol–water partition coefficient (Wildman–Crippen LogP) is 1.30. The van der Waals surface area contributed by atoms with Gasteiger partial charge in [0.2, 0.25) is 0 Å². The lowest BCUT2D eigenvalue weighted by Crippen LogP contribution is -2.47. The average molecular weight is 292 g/mol. The van der Waals surface area contributed by atoms with Gasteiger partial charge in [-0.25, -0.2) is 0 Å². The first kappa shape index (κ1) is 16.9. The third kappa shape index (κ3) is 4.41. The maximum Gasteiger partial charge on any atom is 0.281 e. The number of hydrogen-bond donors (Lipinski definition) is 1. The number of hydrogen-bond acceptors (Lipinski definition) is 3. The van der Waals surface area contributed by atoms with E-state index in [4.69, 9.17) is 5.11 Å². The fourth-order valence-corrected chi connectivity index (χ4v) is 3.98. The van der Waals surface area contributed by atoms with Crippen LogP contribution in [0.1, 0.15) is 40.0 Å². The molecule has 0 atom stereocenters. The topological polar surface area (TPSA) is 60.9 Å². The molecular weight excluding hydrogens is 264 g/mol. The molecule has 0 radical (unpaired) electrons. The maximum absolute atomic E-state index is 12.3. The number of nitrogens with zero attached hydrogens (tertiary/aromatic N) is 2. The lowest BCUT2D eigenvalue weighted by atomic mass is 9.76. The van der Waals surface area contributed by atoms with Gasteiger partial charge < -0.3 is 5.11 Å². The quantitative estimate of drug-likeness (QED) is 0.831. The summed E-state index contributed by atoms with van der Waals surface area (Å²) in [5.74, 6) is 0.585. The van der Waals surface area contributed by atoms with Crippen LogP contribution in [0.3, 0.4) is 0 Å². The normalized spacial score (nSPS) is 20.1. The predicted molar refractivity (Wildman–Crippen MR) is 77.0 cm³/mol. The Hall–Kier alpha value is -0.170. The molecule has 1 rings (SSSR count). The number of aliphatic hydroxyl groups excluding tert-OH is 1. The molecule has 1 fully saturated rings. The van der Waals surface area contributed by atoms with Crippen molar-refractivity contribution in [3.8, 4) is 0 Å². The molecule has 1 saturated heterocycles. The largest absolute Gasteiger partial charge is 0.396 e. The van der Waals surface area contributed by atoms with E-state index in [0.29, 0.717) is 32.0 Å². The Balaban J connectivity index is 2.59. The Morgan fingerprint density at radius 3 is 2.21 bits per heavy atom. The highest BCUT2D eigenvalue weighted by molar-refractivity contribution is 7.86. The Morgan fingerprint density at radius 2 is 1.79 bits per heavy atom. The second-order valence-electron chi connectivity index (χ2n) is 6.45. The van der Waals surface area contributed by atoms with Crippen LogP contribution in [0.2, 0.25) is 0 Å². The molecule has 0 saturated carbocycles. The van der Waals surface area contributed by atoms with Gasteiger partial charge in [0.1, 0.15) is 0 Å².